The summed E-state index contributed by atoms with van der Waals surface area (Å²) in [6, 6.07) is 12.2. The number of halogens is 1. The summed E-state index contributed by atoms with van der Waals surface area (Å²) in [6.45, 7) is 0. The number of aromatic amines is 2. The molecule has 2 aromatic carbocycles. The molecule has 0 atom stereocenters. The van der Waals surface area contributed by atoms with Gasteiger partial charge in [-0.3, -0.25) is 4.79 Å². The maximum atomic E-state index is 12.1. The number of hydrogen-bond acceptors (Lipinski definition) is 2. The van der Waals surface area contributed by atoms with E-state index in [1.807, 2.05) is 18.2 Å². The summed E-state index contributed by atoms with van der Waals surface area (Å²) in [7, 11) is 0. The molecule has 3 rings (SSSR count). The third kappa shape index (κ3) is 2.59. The molecule has 0 aliphatic carbocycles. The highest BCUT2D eigenvalue weighted by Gasteiger charge is 2.06. The molecule has 1 heterocycles. The number of nitrogens with one attached hydrogen (secondary N) is 3. The second-order valence-electron chi connectivity index (χ2n) is 4.30. The molecule has 3 aromatic rings. The van der Waals surface area contributed by atoms with Crippen molar-refractivity contribution < 1.29 is 4.79 Å². The smallest absolute Gasteiger partial charge is 0.255 e. The molecule has 3 N–H and O–H groups in total. The van der Waals surface area contributed by atoms with Crippen LogP contribution in [0.1, 0.15) is 10.4 Å². The average molecular weight is 304 g/mol. The molecule has 20 heavy (non-hydrogen) atoms. The van der Waals surface area contributed by atoms with Gasteiger partial charge in [-0.15, -0.1) is 0 Å². The van der Waals surface area contributed by atoms with Crippen LogP contribution in [0.5, 0.6) is 0 Å². The van der Waals surface area contributed by atoms with E-state index in [0.717, 1.165) is 11.0 Å². The number of carbonyl (C=O) groups excluding carboxylic acids is 1. The lowest BCUT2D eigenvalue weighted by atomic mass is 10.2. The molecule has 0 unspecified atom stereocenters. The Morgan fingerprint density at radius 2 is 1.75 bits per heavy atom. The second kappa shape index (κ2) is 5.11. The van der Waals surface area contributed by atoms with Crippen LogP contribution in [0.15, 0.2) is 42.5 Å². The third-order valence-electron chi connectivity index (χ3n) is 2.88. The van der Waals surface area contributed by atoms with E-state index in [9.17, 15) is 4.79 Å². The maximum absolute atomic E-state index is 12.1. The second-order valence-corrected chi connectivity index (χ2v) is 5.15. The molecule has 1 amide bonds. The minimum absolute atomic E-state index is 0.185. The van der Waals surface area contributed by atoms with Crippen LogP contribution in [0, 0.1) is 4.77 Å². The van der Waals surface area contributed by atoms with Gasteiger partial charge in [-0.05, 0) is 54.7 Å². The number of amides is 1. The van der Waals surface area contributed by atoms with Crippen LogP contribution in [-0.2, 0) is 0 Å². The minimum Gasteiger partial charge on any atom is -0.331 e. The number of imidazole rings is 1. The zero-order chi connectivity index (χ0) is 14.1. The van der Waals surface area contributed by atoms with E-state index in [2.05, 4.69) is 15.3 Å². The SMILES string of the molecule is O=C(Nc1ccc2[nH]c(=S)[nH]c2c1)c1ccc(Cl)cc1. The summed E-state index contributed by atoms with van der Waals surface area (Å²) in [5.41, 5.74) is 3.00. The molecule has 0 saturated heterocycles. The number of benzene rings is 2. The summed E-state index contributed by atoms with van der Waals surface area (Å²) in [6.07, 6.45) is 0. The van der Waals surface area contributed by atoms with Crippen molar-refractivity contribution in [2.24, 2.45) is 0 Å². The van der Waals surface area contributed by atoms with Gasteiger partial charge in [0.2, 0.25) is 0 Å². The largest absolute Gasteiger partial charge is 0.331 e. The van der Waals surface area contributed by atoms with Crippen LogP contribution in [0.4, 0.5) is 5.69 Å². The van der Waals surface area contributed by atoms with Gasteiger partial charge in [0, 0.05) is 16.3 Å². The Bertz CT molecular complexity index is 835. The van der Waals surface area contributed by atoms with Crippen LogP contribution >= 0.6 is 23.8 Å². The number of carbonyl (C=O) groups is 1. The molecule has 0 aliphatic rings. The number of anilines is 1. The fourth-order valence-electron chi connectivity index (χ4n) is 1.91. The Kier molecular flexibility index (Phi) is 3.30. The highest BCUT2D eigenvalue weighted by atomic mass is 35.5. The average Bonchev–Trinajstić information content (AvgIpc) is 2.78. The quantitative estimate of drug-likeness (QED) is 0.623. The van der Waals surface area contributed by atoms with Crippen molar-refractivity contribution in [3.8, 4) is 0 Å². The normalized spacial score (nSPS) is 10.7. The molecule has 1 aromatic heterocycles. The molecule has 4 nitrogen and oxygen atoms in total. The Morgan fingerprint density at radius 3 is 2.50 bits per heavy atom. The van der Waals surface area contributed by atoms with E-state index in [1.54, 1.807) is 24.3 Å². The fourth-order valence-corrected chi connectivity index (χ4v) is 2.26. The minimum atomic E-state index is -0.185. The van der Waals surface area contributed by atoms with Gasteiger partial charge in [0.05, 0.1) is 11.0 Å². The number of hydrogen-bond donors (Lipinski definition) is 3. The first-order valence-corrected chi connectivity index (χ1v) is 6.69. The van der Waals surface area contributed by atoms with Crippen LogP contribution in [0.2, 0.25) is 5.02 Å². The predicted molar refractivity (Wildman–Crippen MR) is 82.9 cm³/mol. The van der Waals surface area contributed by atoms with Crippen molar-refractivity contribution in [1.82, 2.24) is 9.97 Å². The third-order valence-corrected chi connectivity index (χ3v) is 3.34. The number of aromatic nitrogens is 2. The first-order chi connectivity index (χ1) is 9.61. The zero-order valence-corrected chi connectivity index (χ0v) is 11.8. The van der Waals surface area contributed by atoms with Crippen LogP contribution in [-0.4, -0.2) is 15.9 Å². The Hall–Kier alpha value is -2.11. The van der Waals surface area contributed by atoms with Gasteiger partial charge in [0.15, 0.2) is 4.77 Å². The Balaban J connectivity index is 1.86. The van der Waals surface area contributed by atoms with Crippen molar-refractivity contribution in [2.75, 3.05) is 5.32 Å². The zero-order valence-electron chi connectivity index (χ0n) is 10.2. The van der Waals surface area contributed by atoms with Gasteiger partial charge in [0.1, 0.15) is 0 Å². The van der Waals surface area contributed by atoms with Crippen LogP contribution in [0.3, 0.4) is 0 Å². The van der Waals surface area contributed by atoms with Crippen LogP contribution in [0.25, 0.3) is 11.0 Å². The molecular formula is C14H10ClN3OS. The van der Waals surface area contributed by atoms with E-state index in [1.165, 1.54) is 0 Å². The van der Waals surface area contributed by atoms with Gasteiger partial charge < -0.3 is 15.3 Å². The summed E-state index contributed by atoms with van der Waals surface area (Å²) in [5, 5.41) is 3.43. The highest BCUT2D eigenvalue weighted by Crippen LogP contribution is 2.17. The van der Waals surface area contributed by atoms with Crippen molar-refractivity contribution in [2.45, 2.75) is 0 Å². The van der Waals surface area contributed by atoms with Crippen LogP contribution < -0.4 is 5.32 Å². The van der Waals surface area contributed by atoms with Gasteiger partial charge in [-0.2, -0.15) is 0 Å². The molecular weight excluding hydrogens is 294 g/mol. The molecule has 0 aliphatic heterocycles. The van der Waals surface area contributed by atoms with E-state index in [-0.39, 0.29) is 5.91 Å². The lowest BCUT2D eigenvalue weighted by Crippen LogP contribution is -2.11. The topological polar surface area (TPSA) is 60.7 Å². The molecule has 0 fully saturated rings. The standard InChI is InChI=1S/C14H10ClN3OS/c15-9-3-1-8(2-4-9)13(19)16-10-5-6-11-12(7-10)18-14(20)17-11/h1-7H,(H,16,19)(H2,17,18,20). The first kappa shape index (κ1) is 12.9. The number of rotatable bonds is 2. The lowest BCUT2D eigenvalue weighted by molar-refractivity contribution is 0.102. The maximum Gasteiger partial charge on any atom is 0.255 e. The highest BCUT2D eigenvalue weighted by molar-refractivity contribution is 7.71. The van der Waals surface area contributed by atoms with Gasteiger partial charge in [0.25, 0.3) is 5.91 Å². The monoisotopic (exact) mass is 303 g/mol. The Morgan fingerprint density at radius 1 is 1.05 bits per heavy atom. The predicted octanol–water partition coefficient (Wildman–Crippen LogP) is 4.13. The van der Waals surface area contributed by atoms with Crippen molar-refractivity contribution >= 4 is 46.4 Å². The van der Waals surface area contributed by atoms with E-state index in [0.29, 0.717) is 21.0 Å². The fraction of sp³-hybridized carbons (Fsp3) is 0. The molecule has 0 spiro atoms. The molecule has 6 heteroatoms. The van der Waals surface area contributed by atoms with Crippen molar-refractivity contribution in [3.05, 3.63) is 57.8 Å². The van der Waals surface area contributed by atoms with Gasteiger partial charge in [-0.25, -0.2) is 0 Å². The molecule has 0 bridgehead atoms. The van der Waals surface area contributed by atoms with E-state index >= 15 is 0 Å². The lowest BCUT2D eigenvalue weighted by Gasteiger charge is -2.05. The summed E-state index contributed by atoms with van der Waals surface area (Å²) in [5.74, 6) is -0.185. The number of fused-ring (bicyclic) bond motifs is 1. The first-order valence-electron chi connectivity index (χ1n) is 5.91. The van der Waals surface area contributed by atoms with E-state index < -0.39 is 0 Å². The van der Waals surface area contributed by atoms with Gasteiger partial charge >= 0.3 is 0 Å². The number of H-pyrrole nitrogens is 2. The van der Waals surface area contributed by atoms with E-state index in [4.69, 9.17) is 23.8 Å². The summed E-state index contributed by atoms with van der Waals surface area (Å²) < 4.78 is 0.557. The molecule has 0 radical (unpaired) electrons. The summed E-state index contributed by atoms with van der Waals surface area (Å²) in [4.78, 5) is 18.1. The molecule has 100 valence electrons. The summed E-state index contributed by atoms with van der Waals surface area (Å²) >= 11 is 10.8. The molecule has 0 saturated carbocycles. The van der Waals surface area contributed by atoms with Gasteiger partial charge in [-0.1, -0.05) is 11.6 Å². The Labute approximate surface area is 124 Å². The van der Waals surface area contributed by atoms with Crippen molar-refractivity contribution in [3.63, 3.8) is 0 Å². The van der Waals surface area contributed by atoms with Crippen molar-refractivity contribution in [1.29, 1.82) is 0 Å².